The Labute approximate surface area is 136 Å². The van der Waals surface area contributed by atoms with Crippen molar-refractivity contribution in [2.75, 3.05) is 11.9 Å². The first-order valence-corrected chi connectivity index (χ1v) is 7.61. The maximum Gasteiger partial charge on any atom is 0.110 e. The smallest absolute Gasteiger partial charge is 0.110 e. The van der Waals surface area contributed by atoms with E-state index in [0.717, 1.165) is 22.7 Å². The molecule has 0 saturated carbocycles. The summed E-state index contributed by atoms with van der Waals surface area (Å²) in [6, 6.07) is 26.1. The average Bonchev–Trinajstić information content (AvgIpc) is 2.61. The Balaban J connectivity index is 1.99. The molecule has 0 heterocycles. The molecule has 0 aromatic heterocycles. The number of anilines is 2. The van der Waals surface area contributed by atoms with E-state index in [0.29, 0.717) is 0 Å². The monoisotopic (exact) mass is 301 g/mol. The summed E-state index contributed by atoms with van der Waals surface area (Å²) in [7, 11) is 2.05. The fourth-order valence-corrected chi connectivity index (χ4v) is 2.55. The lowest BCUT2D eigenvalue weighted by Crippen LogP contribution is -2.10. The second-order valence-corrected chi connectivity index (χ2v) is 5.37. The zero-order valence-electron chi connectivity index (χ0n) is 13.3. The largest absolute Gasteiger partial charge is 0.343 e. The van der Waals surface area contributed by atoms with Crippen LogP contribution >= 0.6 is 0 Å². The lowest BCUT2D eigenvalue weighted by molar-refractivity contribution is 1.15. The second-order valence-electron chi connectivity index (χ2n) is 5.37. The van der Waals surface area contributed by atoms with Crippen molar-refractivity contribution in [3.05, 3.63) is 84.4 Å². The lowest BCUT2D eigenvalue weighted by atomic mass is 10.1. The van der Waals surface area contributed by atoms with Crippen molar-refractivity contribution in [1.82, 2.24) is 0 Å². The summed E-state index contributed by atoms with van der Waals surface area (Å²) >= 11 is 0. The fourth-order valence-electron chi connectivity index (χ4n) is 2.55. The van der Waals surface area contributed by atoms with Gasteiger partial charge in [0.2, 0.25) is 0 Å². The van der Waals surface area contributed by atoms with Crippen molar-refractivity contribution in [3.8, 4) is 0 Å². The summed E-state index contributed by atoms with van der Waals surface area (Å²) < 4.78 is 0. The molecule has 0 aliphatic heterocycles. The predicted molar refractivity (Wildman–Crippen MR) is 96.3 cm³/mol. The average molecular weight is 301 g/mol. The molecule has 3 rings (SSSR count). The topological polar surface area (TPSA) is 28.0 Å². The highest BCUT2D eigenvalue weighted by Crippen LogP contribution is 2.36. The molecule has 0 saturated heterocycles. The van der Waals surface area contributed by atoms with Gasteiger partial charge in [0.15, 0.2) is 0 Å². The quantitative estimate of drug-likeness (QED) is 0.529. The van der Waals surface area contributed by atoms with Gasteiger partial charge in [-0.1, -0.05) is 48.5 Å². The number of hydrogen-bond donors (Lipinski definition) is 0. The normalized spacial score (nSPS) is 10.9. The van der Waals surface area contributed by atoms with Crippen LogP contribution in [0.25, 0.3) is 0 Å². The lowest BCUT2D eigenvalue weighted by Gasteiger charge is -2.22. The van der Waals surface area contributed by atoms with Crippen molar-refractivity contribution in [3.63, 3.8) is 0 Å². The van der Waals surface area contributed by atoms with E-state index in [1.165, 1.54) is 5.56 Å². The molecule has 0 fully saturated rings. The molecule has 3 aromatic rings. The Bertz CT molecular complexity index is 796. The molecule has 0 unspecified atom stereocenters. The second kappa shape index (κ2) is 6.88. The van der Waals surface area contributed by atoms with Gasteiger partial charge in [-0.2, -0.15) is 5.11 Å². The maximum atomic E-state index is 4.47. The third kappa shape index (κ3) is 3.46. The highest BCUT2D eigenvalue weighted by atomic mass is 15.2. The molecule has 0 spiro atoms. The predicted octanol–water partition coefficient (Wildman–Crippen LogP) is 6.18. The number of nitrogens with zero attached hydrogens (tertiary/aromatic N) is 3. The molecule has 0 bridgehead atoms. The number of aryl methyl sites for hydroxylation is 1. The van der Waals surface area contributed by atoms with Crippen LogP contribution in [0.4, 0.5) is 22.7 Å². The molecule has 0 aliphatic carbocycles. The van der Waals surface area contributed by atoms with Crippen LogP contribution in [-0.2, 0) is 0 Å². The van der Waals surface area contributed by atoms with E-state index in [2.05, 4.69) is 47.3 Å². The van der Waals surface area contributed by atoms with Gasteiger partial charge >= 0.3 is 0 Å². The van der Waals surface area contributed by atoms with Gasteiger partial charge in [-0.15, -0.1) is 5.11 Å². The van der Waals surface area contributed by atoms with Crippen molar-refractivity contribution < 1.29 is 0 Å². The summed E-state index contributed by atoms with van der Waals surface area (Å²) in [5.74, 6) is 0. The Morgan fingerprint density at radius 1 is 0.696 bits per heavy atom. The maximum absolute atomic E-state index is 4.47. The minimum Gasteiger partial charge on any atom is -0.343 e. The van der Waals surface area contributed by atoms with Gasteiger partial charge in [0.25, 0.3) is 0 Å². The Morgan fingerprint density at radius 3 is 2.04 bits per heavy atom. The standard InChI is InChI=1S/C20H19N3/c1-16-10-9-15-19(22-21-17-11-5-3-6-12-17)20(16)23(2)18-13-7-4-8-14-18/h3-15H,1-2H3. The van der Waals surface area contributed by atoms with Crippen LogP contribution in [0.3, 0.4) is 0 Å². The molecule has 23 heavy (non-hydrogen) atoms. The van der Waals surface area contributed by atoms with E-state index in [-0.39, 0.29) is 0 Å². The third-order valence-electron chi connectivity index (χ3n) is 3.72. The van der Waals surface area contributed by atoms with Gasteiger partial charge in [0.1, 0.15) is 5.69 Å². The van der Waals surface area contributed by atoms with E-state index in [4.69, 9.17) is 0 Å². The molecule has 0 radical (unpaired) electrons. The molecule has 3 aromatic carbocycles. The van der Waals surface area contributed by atoms with Crippen molar-refractivity contribution in [1.29, 1.82) is 0 Å². The van der Waals surface area contributed by atoms with Crippen molar-refractivity contribution in [2.45, 2.75) is 6.92 Å². The van der Waals surface area contributed by atoms with Crippen LogP contribution in [-0.4, -0.2) is 7.05 Å². The first-order valence-electron chi connectivity index (χ1n) is 7.61. The van der Waals surface area contributed by atoms with Crippen LogP contribution < -0.4 is 4.90 Å². The van der Waals surface area contributed by atoms with Crippen LogP contribution in [0.5, 0.6) is 0 Å². The Hall–Kier alpha value is -2.94. The molecule has 3 nitrogen and oxygen atoms in total. The minimum absolute atomic E-state index is 0.849. The van der Waals surface area contributed by atoms with Crippen LogP contribution in [0.1, 0.15) is 5.56 Å². The number of para-hydroxylation sites is 2. The van der Waals surface area contributed by atoms with Gasteiger partial charge in [0, 0.05) is 12.7 Å². The molecule has 0 atom stereocenters. The molecular formula is C20H19N3. The number of rotatable bonds is 4. The Morgan fingerprint density at radius 2 is 1.35 bits per heavy atom. The SMILES string of the molecule is Cc1cccc(N=Nc2ccccc2)c1N(C)c1ccccc1. The highest BCUT2D eigenvalue weighted by molar-refractivity contribution is 5.76. The van der Waals surface area contributed by atoms with E-state index in [1.807, 2.05) is 60.7 Å². The van der Waals surface area contributed by atoms with Crippen molar-refractivity contribution in [2.24, 2.45) is 10.2 Å². The van der Waals surface area contributed by atoms with Gasteiger partial charge in [0.05, 0.1) is 11.4 Å². The molecule has 0 N–H and O–H groups in total. The fraction of sp³-hybridized carbons (Fsp3) is 0.100. The number of hydrogen-bond acceptors (Lipinski definition) is 3. The van der Waals surface area contributed by atoms with E-state index < -0.39 is 0 Å². The van der Waals surface area contributed by atoms with Gasteiger partial charge in [-0.3, -0.25) is 0 Å². The van der Waals surface area contributed by atoms with Crippen molar-refractivity contribution >= 4 is 22.7 Å². The highest BCUT2D eigenvalue weighted by Gasteiger charge is 2.11. The number of benzene rings is 3. The summed E-state index contributed by atoms with van der Waals surface area (Å²) in [5.41, 5.74) is 5.07. The summed E-state index contributed by atoms with van der Waals surface area (Å²) in [4.78, 5) is 2.15. The minimum atomic E-state index is 0.849. The first-order chi connectivity index (χ1) is 11.3. The summed E-state index contributed by atoms with van der Waals surface area (Å²) in [5, 5.41) is 8.82. The van der Waals surface area contributed by atoms with Crippen LogP contribution in [0.15, 0.2) is 89.1 Å². The van der Waals surface area contributed by atoms with Gasteiger partial charge < -0.3 is 4.90 Å². The van der Waals surface area contributed by atoms with Crippen LogP contribution in [0.2, 0.25) is 0 Å². The van der Waals surface area contributed by atoms with E-state index >= 15 is 0 Å². The van der Waals surface area contributed by atoms with Gasteiger partial charge in [-0.25, -0.2) is 0 Å². The summed E-state index contributed by atoms with van der Waals surface area (Å²) in [6.45, 7) is 2.09. The van der Waals surface area contributed by atoms with E-state index in [1.54, 1.807) is 0 Å². The molecule has 0 aliphatic rings. The molecular weight excluding hydrogens is 282 g/mol. The first kappa shape index (κ1) is 15.0. The molecule has 0 amide bonds. The van der Waals surface area contributed by atoms with Crippen LogP contribution in [0, 0.1) is 6.92 Å². The Kier molecular flexibility index (Phi) is 4.48. The van der Waals surface area contributed by atoms with Gasteiger partial charge in [-0.05, 0) is 42.8 Å². The summed E-state index contributed by atoms with van der Waals surface area (Å²) in [6.07, 6.45) is 0. The third-order valence-corrected chi connectivity index (χ3v) is 3.72. The molecule has 114 valence electrons. The number of azo groups is 1. The zero-order valence-corrected chi connectivity index (χ0v) is 13.3. The van der Waals surface area contributed by atoms with E-state index in [9.17, 15) is 0 Å². The zero-order chi connectivity index (χ0) is 16.1. The molecule has 3 heteroatoms.